The van der Waals surface area contributed by atoms with Crippen LogP contribution in [-0.2, 0) is 12.9 Å². The zero-order valence-corrected chi connectivity index (χ0v) is 13.3. The summed E-state index contributed by atoms with van der Waals surface area (Å²) in [5.74, 6) is 1.92. The van der Waals surface area contributed by atoms with Crippen molar-refractivity contribution in [2.24, 2.45) is 7.05 Å². The fraction of sp³-hybridized carbons (Fsp3) is 0.333. The van der Waals surface area contributed by atoms with Crippen molar-refractivity contribution in [1.82, 2.24) is 29.3 Å². The first kappa shape index (κ1) is 13.5. The summed E-state index contributed by atoms with van der Waals surface area (Å²) in [6.07, 6.45) is 3.43. The number of nitrogens with zero attached hydrogens (tertiary/aromatic N) is 6. The summed E-state index contributed by atoms with van der Waals surface area (Å²) in [6, 6.07) is 1.88. The van der Waals surface area contributed by atoms with E-state index in [0.717, 1.165) is 27.3 Å². The molecule has 0 aromatic carbocycles. The Labute approximate surface area is 128 Å². The molecule has 0 bridgehead atoms. The number of fused-ring (bicyclic) bond motifs is 1. The molecule has 104 valence electrons. The van der Waals surface area contributed by atoms with E-state index in [1.54, 1.807) is 12.5 Å². The van der Waals surface area contributed by atoms with Crippen LogP contribution in [0.5, 0.6) is 0 Å². The van der Waals surface area contributed by atoms with Crippen LogP contribution in [0.1, 0.15) is 24.6 Å². The topological polar surface area (TPSA) is 61.4 Å². The van der Waals surface area contributed by atoms with Gasteiger partial charge in [0, 0.05) is 17.7 Å². The Kier molecular flexibility index (Phi) is 3.47. The SMILES string of the molecule is CC(c1nncn1C)n1c(CCl)nc2cc(Br)cnc21. The molecule has 3 rings (SSSR count). The Morgan fingerprint density at radius 2 is 2.25 bits per heavy atom. The summed E-state index contributed by atoms with van der Waals surface area (Å²) < 4.78 is 4.77. The summed E-state index contributed by atoms with van der Waals surface area (Å²) in [5.41, 5.74) is 1.60. The highest BCUT2D eigenvalue weighted by molar-refractivity contribution is 9.10. The van der Waals surface area contributed by atoms with Crippen LogP contribution in [0.25, 0.3) is 11.2 Å². The number of rotatable bonds is 3. The smallest absolute Gasteiger partial charge is 0.160 e. The number of aromatic nitrogens is 6. The van der Waals surface area contributed by atoms with Crippen molar-refractivity contribution in [1.29, 1.82) is 0 Å². The fourth-order valence-electron chi connectivity index (χ4n) is 2.29. The van der Waals surface area contributed by atoms with Crippen molar-refractivity contribution < 1.29 is 0 Å². The molecule has 20 heavy (non-hydrogen) atoms. The summed E-state index contributed by atoms with van der Waals surface area (Å²) in [5, 5.41) is 8.08. The second kappa shape index (κ2) is 5.14. The van der Waals surface area contributed by atoms with Crippen molar-refractivity contribution in [3.05, 3.63) is 34.7 Å². The minimum Gasteiger partial charge on any atom is -0.319 e. The minimum atomic E-state index is -0.0464. The Morgan fingerprint density at radius 3 is 2.90 bits per heavy atom. The predicted molar refractivity (Wildman–Crippen MR) is 79.6 cm³/mol. The van der Waals surface area contributed by atoms with Gasteiger partial charge in [-0.15, -0.1) is 21.8 Å². The van der Waals surface area contributed by atoms with E-state index in [-0.39, 0.29) is 6.04 Å². The highest BCUT2D eigenvalue weighted by Gasteiger charge is 2.21. The van der Waals surface area contributed by atoms with Crippen LogP contribution >= 0.6 is 27.5 Å². The molecule has 3 aromatic rings. The Hall–Kier alpha value is -1.47. The zero-order chi connectivity index (χ0) is 14.3. The van der Waals surface area contributed by atoms with Gasteiger partial charge < -0.3 is 9.13 Å². The summed E-state index contributed by atoms with van der Waals surface area (Å²) in [4.78, 5) is 8.98. The van der Waals surface area contributed by atoms with Crippen molar-refractivity contribution in [2.75, 3.05) is 0 Å². The van der Waals surface area contributed by atoms with Crippen molar-refractivity contribution in [2.45, 2.75) is 18.8 Å². The van der Waals surface area contributed by atoms with Gasteiger partial charge >= 0.3 is 0 Å². The molecule has 0 saturated carbocycles. The van der Waals surface area contributed by atoms with E-state index in [1.807, 2.05) is 29.2 Å². The Morgan fingerprint density at radius 1 is 1.45 bits per heavy atom. The Bertz CT molecular complexity index is 764. The van der Waals surface area contributed by atoms with Crippen molar-refractivity contribution in [3.63, 3.8) is 0 Å². The van der Waals surface area contributed by atoms with Crippen LogP contribution in [-0.4, -0.2) is 29.3 Å². The molecule has 0 radical (unpaired) electrons. The number of hydrogen-bond donors (Lipinski definition) is 0. The highest BCUT2D eigenvalue weighted by atomic mass is 79.9. The van der Waals surface area contributed by atoms with E-state index in [1.165, 1.54) is 0 Å². The molecule has 0 aliphatic rings. The number of imidazole rings is 1. The molecule has 1 unspecified atom stereocenters. The van der Waals surface area contributed by atoms with Crippen LogP contribution in [0.2, 0.25) is 0 Å². The van der Waals surface area contributed by atoms with Crippen LogP contribution in [0, 0.1) is 0 Å². The molecule has 6 nitrogen and oxygen atoms in total. The van der Waals surface area contributed by atoms with Gasteiger partial charge in [-0.3, -0.25) is 0 Å². The van der Waals surface area contributed by atoms with E-state index in [4.69, 9.17) is 11.6 Å². The molecule has 0 aliphatic heterocycles. The maximum Gasteiger partial charge on any atom is 0.160 e. The van der Waals surface area contributed by atoms with Gasteiger partial charge in [0.25, 0.3) is 0 Å². The largest absolute Gasteiger partial charge is 0.319 e. The van der Waals surface area contributed by atoms with Crippen LogP contribution < -0.4 is 0 Å². The number of aryl methyl sites for hydroxylation is 1. The van der Waals surface area contributed by atoms with Gasteiger partial charge in [-0.25, -0.2) is 9.97 Å². The molecular weight excluding hydrogens is 344 g/mol. The van der Waals surface area contributed by atoms with Crippen LogP contribution in [0.3, 0.4) is 0 Å². The highest BCUT2D eigenvalue weighted by Crippen LogP contribution is 2.25. The van der Waals surface area contributed by atoms with Crippen molar-refractivity contribution >= 4 is 38.7 Å². The number of halogens is 2. The normalized spacial score (nSPS) is 13.0. The van der Waals surface area contributed by atoms with Gasteiger partial charge in [-0.2, -0.15) is 0 Å². The molecule has 3 aromatic heterocycles. The molecule has 0 aliphatic carbocycles. The van der Waals surface area contributed by atoms with Crippen LogP contribution in [0.4, 0.5) is 0 Å². The molecule has 8 heteroatoms. The molecular formula is C12H12BrClN6. The molecule has 0 fully saturated rings. The summed E-state index contributed by atoms with van der Waals surface area (Å²) in [7, 11) is 1.91. The maximum absolute atomic E-state index is 6.02. The lowest BCUT2D eigenvalue weighted by Gasteiger charge is -2.15. The zero-order valence-electron chi connectivity index (χ0n) is 11.0. The molecule has 0 amide bonds. The second-order valence-corrected chi connectivity index (χ2v) is 5.69. The lowest BCUT2D eigenvalue weighted by Crippen LogP contribution is -2.14. The quantitative estimate of drug-likeness (QED) is 0.678. The monoisotopic (exact) mass is 354 g/mol. The first-order chi connectivity index (χ1) is 9.61. The average molecular weight is 356 g/mol. The van der Waals surface area contributed by atoms with Gasteiger partial charge in [0.2, 0.25) is 0 Å². The molecule has 0 N–H and O–H groups in total. The van der Waals surface area contributed by atoms with Gasteiger partial charge in [0.15, 0.2) is 11.5 Å². The summed E-state index contributed by atoms with van der Waals surface area (Å²) >= 11 is 9.43. The summed E-state index contributed by atoms with van der Waals surface area (Å²) in [6.45, 7) is 2.03. The molecule has 1 atom stereocenters. The maximum atomic E-state index is 6.02. The van der Waals surface area contributed by atoms with Gasteiger partial charge in [0.1, 0.15) is 17.7 Å². The third-order valence-corrected chi connectivity index (χ3v) is 3.87. The third kappa shape index (κ3) is 2.10. The van der Waals surface area contributed by atoms with Gasteiger partial charge in [-0.1, -0.05) is 0 Å². The number of pyridine rings is 1. The van der Waals surface area contributed by atoms with E-state index in [9.17, 15) is 0 Å². The number of hydrogen-bond acceptors (Lipinski definition) is 4. The first-order valence-electron chi connectivity index (χ1n) is 6.04. The van der Waals surface area contributed by atoms with E-state index in [2.05, 4.69) is 36.1 Å². The molecule has 0 spiro atoms. The lowest BCUT2D eigenvalue weighted by atomic mass is 10.3. The average Bonchev–Trinajstić information content (AvgIpc) is 3.00. The van der Waals surface area contributed by atoms with Gasteiger partial charge in [0.05, 0.1) is 11.9 Å². The van der Waals surface area contributed by atoms with Crippen molar-refractivity contribution in [3.8, 4) is 0 Å². The van der Waals surface area contributed by atoms with E-state index in [0.29, 0.717) is 5.88 Å². The predicted octanol–water partition coefficient (Wildman–Crippen LogP) is 2.67. The molecule has 3 heterocycles. The number of alkyl halides is 1. The van der Waals surface area contributed by atoms with E-state index >= 15 is 0 Å². The van der Waals surface area contributed by atoms with Crippen LogP contribution in [0.15, 0.2) is 23.1 Å². The fourth-order valence-corrected chi connectivity index (χ4v) is 2.80. The minimum absolute atomic E-state index is 0.0464. The third-order valence-electron chi connectivity index (χ3n) is 3.20. The second-order valence-electron chi connectivity index (χ2n) is 4.50. The molecule has 0 saturated heterocycles. The van der Waals surface area contributed by atoms with Gasteiger partial charge in [-0.05, 0) is 28.9 Å². The Balaban J connectivity index is 2.21. The first-order valence-corrected chi connectivity index (χ1v) is 7.36. The standard InChI is InChI=1S/C12H12BrClN6/c1-7(11-18-16-6-19(11)2)20-10(4-14)17-9-3-8(13)5-15-12(9)20/h3,5-7H,4H2,1-2H3. The lowest BCUT2D eigenvalue weighted by molar-refractivity contribution is 0.568. The van der Waals surface area contributed by atoms with E-state index < -0.39 is 0 Å².